The number of hydrogen-bond acceptors (Lipinski definition) is 2. The smallest absolute Gasteiger partial charge is 0.0377 e. The second-order valence-corrected chi connectivity index (χ2v) is 7.04. The predicted molar refractivity (Wildman–Crippen MR) is 88.6 cm³/mol. The second-order valence-electron chi connectivity index (χ2n) is 6.19. The van der Waals surface area contributed by atoms with E-state index in [1.165, 1.54) is 5.69 Å². The van der Waals surface area contributed by atoms with E-state index in [-0.39, 0.29) is 6.04 Å². The summed E-state index contributed by atoms with van der Waals surface area (Å²) < 4.78 is 1.11. The second kappa shape index (κ2) is 7.30. The molecule has 19 heavy (non-hydrogen) atoms. The van der Waals surface area contributed by atoms with Crippen LogP contribution in [0.1, 0.15) is 46.2 Å². The minimum atomic E-state index is 0.0621. The number of benzene rings is 1. The van der Waals surface area contributed by atoms with Crippen molar-refractivity contribution in [2.45, 2.75) is 40.7 Å². The van der Waals surface area contributed by atoms with Crippen LogP contribution in [0.4, 0.5) is 5.69 Å². The Morgan fingerprint density at radius 2 is 1.58 bits per heavy atom. The van der Waals surface area contributed by atoms with Crippen molar-refractivity contribution < 1.29 is 0 Å². The fourth-order valence-corrected chi connectivity index (χ4v) is 2.98. The van der Waals surface area contributed by atoms with Gasteiger partial charge in [-0.3, -0.25) is 0 Å². The number of rotatable bonds is 6. The van der Waals surface area contributed by atoms with Gasteiger partial charge in [-0.25, -0.2) is 0 Å². The standard InChI is InChI=1S/C16H27BrN2/c1-11(2)9-19(10-12(3)4)14-6-7-15(13(5)18)16(17)8-14/h6-8,11-13H,9-10,18H2,1-5H3. The van der Waals surface area contributed by atoms with E-state index in [4.69, 9.17) is 5.73 Å². The first kappa shape index (κ1) is 16.5. The van der Waals surface area contributed by atoms with Crippen molar-refractivity contribution in [1.29, 1.82) is 0 Å². The average molecular weight is 327 g/mol. The maximum Gasteiger partial charge on any atom is 0.0377 e. The fourth-order valence-electron chi connectivity index (χ4n) is 2.25. The molecule has 1 unspecified atom stereocenters. The summed E-state index contributed by atoms with van der Waals surface area (Å²) in [5.41, 5.74) is 8.40. The summed E-state index contributed by atoms with van der Waals surface area (Å²) in [6.07, 6.45) is 0. The molecule has 3 heteroatoms. The lowest BCUT2D eigenvalue weighted by atomic mass is 10.1. The third-order valence-corrected chi connectivity index (χ3v) is 3.70. The van der Waals surface area contributed by atoms with E-state index < -0.39 is 0 Å². The molecule has 2 N–H and O–H groups in total. The van der Waals surface area contributed by atoms with E-state index in [0.29, 0.717) is 11.8 Å². The molecule has 1 atom stereocenters. The first-order valence-corrected chi connectivity index (χ1v) is 7.90. The highest BCUT2D eigenvalue weighted by atomic mass is 79.9. The molecule has 1 aromatic carbocycles. The van der Waals surface area contributed by atoms with Gasteiger partial charge in [0, 0.05) is 29.3 Å². The third-order valence-electron chi connectivity index (χ3n) is 3.01. The molecule has 108 valence electrons. The number of nitrogens with zero attached hydrogens (tertiary/aromatic N) is 1. The van der Waals surface area contributed by atoms with Crippen molar-refractivity contribution in [3.8, 4) is 0 Å². The van der Waals surface area contributed by atoms with Gasteiger partial charge in [0.25, 0.3) is 0 Å². The van der Waals surface area contributed by atoms with Gasteiger partial charge in [0.1, 0.15) is 0 Å². The summed E-state index contributed by atoms with van der Waals surface area (Å²) in [7, 11) is 0. The number of hydrogen-bond donors (Lipinski definition) is 1. The van der Waals surface area contributed by atoms with Crippen molar-refractivity contribution in [1.82, 2.24) is 0 Å². The van der Waals surface area contributed by atoms with Gasteiger partial charge in [-0.2, -0.15) is 0 Å². The Kier molecular flexibility index (Phi) is 6.34. The molecule has 0 radical (unpaired) electrons. The molecule has 0 spiro atoms. The Morgan fingerprint density at radius 1 is 1.05 bits per heavy atom. The summed E-state index contributed by atoms with van der Waals surface area (Å²) >= 11 is 3.64. The lowest BCUT2D eigenvalue weighted by Crippen LogP contribution is -2.31. The predicted octanol–water partition coefficient (Wildman–Crippen LogP) is 4.59. The van der Waals surface area contributed by atoms with Crippen molar-refractivity contribution in [2.75, 3.05) is 18.0 Å². The van der Waals surface area contributed by atoms with Crippen LogP contribution in [0.3, 0.4) is 0 Å². The van der Waals surface area contributed by atoms with Crippen molar-refractivity contribution >= 4 is 21.6 Å². The zero-order chi connectivity index (χ0) is 14.6. The molecule has 1 aromatic rings. The SMILES string of the molecule is CC(C)CN(CC(C)C)c1ccc(C(C)N)c(Br)c1. The van der Waals surface area contributed by atoms with E-state index >= 15 is 0 Å². The van der Waals surface area contributed by atoms with Crippen molar-refractivity contribution in [3.05, 3.63) is 28.2 Å². The first-order valence-electron chi connectivity index (χ1n) is 7.11. The van der Waals surface area contributed by atoms with Crippen LogP contribution in [0.2, 0.25) is 0 Å². The highest BCUT2D eigenvalue weighted by Gasteiger charge is 2.13. The van der Waals surface area contributed by atoms with E-state index in [1.807, 2.05) is 6.92 Å². The normalized spacial score (nSPS) is 13.1. The van der Waals surface area contributed by atoms with Gasteiger partial charge in [-0.05, 0) is 36.5 Å². The van der Waals surface area contributed by atoms with Crippen LogP contribution in [-0.2, 0) is 0 Å². The summed E-state index contributed by atoms with van der Waals surface area (Å²) in [6.45, 7) is 13.2. The number of halogens is 1. The summed E-state index contributed by atoms with van der Waals surface area (Å²) in [4.78, 5) is 2.46. The summed E-state index contributed by atoms with van der Waals surface area (Å²) in [5, 5.41) is 0. The van der Waals surface area contributed by atoms with Crippen LogP contribution in [0.5, 0.6) is 0 Å². The zero-order valence-corrected chi connectivity index (χ0v) is 14.4. The van der Waals surface area contributed by atoms with Crippen LogP contribution in [0, 0.1) is 11.8 Å². The lowest BCUT2D eigenvalue weighted by Gasteiger charge is -2.29. The molecular weight excluding hydrogens is 300 g/mol. The van der Waals surface area contributed by atoms with Gasteiger partial charge >= 0.3 is 0 Å². The Bertz CT molecular complexity index is 390. The van der Waals surface area contributed by atoms with Crippen molar-refractivity contribution in [3.63, 3.8) is 0 Å². The lowest BCUT2D eigenvalue weighted by molar-refractivity contribution is 0.552. The molecule has 0 aliphatic rings. The molecule has 0 amide bonds. The molecule has 0 saturated heterocycles. The van der Waals surface area contributed by atoms with Gasteiger partial charge in [0.05, 0.1) is 0 Å². The molecule has 0 fully saturated rings. The number of nitrogens with two attached hydrogens (primary N) is 1. The van der Waals surface area contributed by atoms with Gasteiger partial charge in [-0.15, -0.1) is 0 Å². The van der Waals surface area contributed by atoms with Crippen LogP contribution >= 0.6 is 15.9 Å². The van der Waals surface area contributed by atoms with Crippen molar-refractivity contribution in [2.24, 2.45) is 17.6 Å². The molecular formula is C16H27BrN2. The summed E-state index contributed by atoms with van der Waals surface area (Å²) in [6, 6.07) is 6.59. The largest absolute Gasteiger partial charge is 0.371 e. The first-order chi connectivity index (χ1) is 8.81. The van der Waals surface area contributed by atoms with E-state index in [0.717, 1.165) is 23.1 Å². The van der Waals surface area contributed by atoms with E-state index in [9.17, 15) is 0 Å². The van der Waals surface area contributed by atoms with Gasteiger partial charge in [-0.1, -0.05) is 49.7 Å². The highest BCUT2D eigenvalue weighted by molar-refractivity contribution is 9.10. The molecule has 1 rings (SSSR count). The summed E-state index contributed by atoms with van der Waals surface area (Å²) in [5.74, 6) is 1.32. The van der Waals surface area contributed by atoms with Gasteiger partial charge < -0.3 is 10.6 Å². The molecule has 0 heterocycles. The Hall–Kier alpha value is -0.540. The highest BCUT2D eigenvalue weighted by Crippen LogP contribution is 2.28. The average Bonchev–Trinajstić information content (AvgIpc) is 2.26. The van der Waals surface area contributed by atoms with E-state index in [1.54, 1.807) is 0 Å². The molecule has 0 aromatic heterocycles. The minimum absolute atomic E-state index is 0.0621. The Balaban J connectivity index is 2.98. The maximum absolute atomic E-state index is 5.96. The van der Waals surface area contributed by atoms with Gasteiger partial charge in [0.2, 0.25) is 0 Å². The molecule has 0 aliphatic heterocycles. The maximum atomic E-state index is 5.96. The van der Waals surface area contributed by atoms with Gasteiger partial charge in [0.15, 0.2) is 0 Å². The molecule has 0 saturated carbocycles. The monoisotopic (exact) mass is 326 g/mol. The zero-order valence-electron chi connectivity index (χ0n) is 12.8. The van der Waals surface area contributed by atoms with Crippen LogP contribution in [-0.4, -0.2) is 13.1 Å². The molecule has 0 bridgehead atoms. The minimum Gasteiger partial charge on any atom is -0.371 e. The third kappa shape index (κ3) is 5.15. The molecule has 2 nitrogen and oxygen atoms in total. The van der Waals surface area contributed by atoms with Crippen LogP contribution < -0.4 is 10.6 Å². The van der Waals surface area contributed by atoms with Crippen LogP contribution in [0.15, 0.2) is 22.7 Å². The van der Waals surface area contributed by atoms with Crippen LogP contribution in [0.25, 0.3) is 0 Å². The Morgan fingerprint density at radius 3 is 1.95 bits per heavy atom. The molecule has 0 aliphatic carbocycles. The Labute approximate surface area is 126 Å². The number of anilines is 1. The van der Waals surface area contributed by atoms with E-state index in [2.05, 4.69) is 66.7 Å². The fraction of sp³-hybridized carbons (Fsp3) is 0.625. The topological polar surface area (TPSA) is 29.3 Å². The quantitative estimate of drug-likeness (QED) is 0.828.